The molecule has 0 saturated heterocycles. The number of amides is 1. The van der Waals surface area contributed by atoms with E-state index in [-0.39, 0.29) is 12.3 Å². The summed E-state index contributed by atoms with van der Waals surface area (Å²) in [7, 11) is 3.11. The number of nitrogens with zero attached hydrogens (tertiary/aromatic N) is 1. The van der Waals surface area contributed by atoms with Crippen molar-refractivity contribution < 1.29 is 24.2 Å². The van der Waals surface area contributed by atoms with Gasteiger partial charge in [0.1, 0.15) is 0 Å². The van der Waals surface area contributed by atoms with Crippen molar-refractivity contribution >= 4 is 17.4 Å². The van der Waals surface area contributed by atoms with Gasteiger partial charge in [-0.05, 0) is 23.8 Å². The second-order valence-electron chi connectivity index (χ2n) is 7.82. The third kappa shape index (κ3) is 3.42. The normalized spacial score (nSPS) is 18.2. The molecule has 1 heterocycles. The molecule has 0 aliphatic carbocycles. The van der Waals surface area contributed by atoms with E-state index in [1.54, 1.807) is 75.7 Å². The first-order valence-corrected chi connectivity index (χ1v) is 10.4. The fourth-order valence-corrected chi connectivity index (χ4v) is 4.24. The van der Waals surface area contributed by atoms with Gasteiger partial charge < -0.3 is 19.5 Å². The Hall–Kier alpha value is -3.64. The summed E-state index contributed by atoms with van der Waals surface area (Å²) in [6, 6.07) is 21.2. The quantitative estimate of drug-likeness (QED) is 0.573. The minimum Gasteiger partial charge on any atom is -0.493 e. The zero-order chi connectivity index (χ0) is 22.9. The molecule has 4 rings (SSSR count). The van der Waals surface area contributed by atoms with Crippen LogP contribution in [0.3, 0.4) is 0 Å². The molecule has 0 fully saturated rings. The molecule has 3 aromatic carbocycles. The highest BCUT2D eigenvalue weighted by atomic mass is 16.5. The molecule has 0 spiro atoms. The molecule has 2 atom stereocenters. The van der Waals surface area contributed by atoms with Crippen LogP contribution in [0.1, 0.15) is 28.4 Å². The molecule has 3 aromatic rings. The third-order valence-corrected chi connectivity index (χ3v) is 6.04. The summed E-state index contributed by atoms with van der Waals surface area (Å²) in [5.74, 6) is -0.640. The molecule has 1 aliphatic heterocycles. The molecule has 6 nitrogen and oxygen atoms in total. The van der Waals surface area contributed by atoms with Crippen LogP contribution in [0.25, 0.3) is 0 Å². The molecular weight excluding hydrogens is 406 g/mol. The highest BCUT2D eigenvalue weighted by molar-refractivity contribution is 6.11. The van der Waals surface area contributed by atoms with Gasteiger partial charge in [0.05, 0.1) is 32.4 Å². The van der Waals surface area contributed by atoms with E-state index in [0.717, 1.165) is 5.56 Å². The van der Waals surface area contributed by atoms with E-state index < -0.39 is 17.4 Å². The summed E-state index contributed by atoms with van der Waals surface area (Å²) >= 11 is 0. The van der Waals surface area contributed by atoms with Crippen molar-refractivity contribution in [1.29, 1.82) is 0 Å². The lowest BCUT2D eigenvalue weighted by Gasteiger charge is -2.28. The summed E-state index contributed by atoms with van der Waals surface area (Å²) in [5.41, 5.74) is 0.318. The van der Waals surface area contributed by atoms with Gasteiger partial charge in [-0.15, -0.1) is 0 Å². The molecule has 0 bridgehead atoms. The van der Waals surface area contributed by atoms with Crippen molar-refractivity contribution in [2.45, 2.75) is 19.1 Å². The number of carbonyl (C=O) groups excluding carboxylic acids is 2. The number of fused-ring (bicyclic) bond motifs is 1. The number of Topliss-reactive ketones (excluding diaryl/α,β-unsaturated/α-hetero) is 1. The van der Waals surface area contributed by atoms with Crippen molar-refractivity contribution in [1.82, 2.24) is 0 Å². The molecule has 1 amide bonds. The minimum absolute atomic E-state index is 0.213. The maximum absolute atomic E-state index is 13.6. The van der Waals surface area contributed by atoms with Gasteiger partial charge in [-0.25, -0.2) is 0 Å². The van der Waals surface area contributed by atoms with Crippen LogP contribution in [0.5, 0.6) is 11.5 Å². The van der Waals surface area contributed by atoms with Gasteiger partial charge in [-0.2, -0.15) is 0 Å². The lowest BCUT2D eigenvalue weighted by atomic mass is 9.79. The van der Waals surface area contributed by atoms with Crippen LogP contribution in [0.4, 0.5) is 5.69 Å². The van der Waals surface area contributed by atoms with E-state index in [0.29, 0.717) is 28.3 Å². The average Bonchev–Trinajstić information content (AvgIpc) is 3.06. The molecular formula is C26H25NO5. The number of hydrogen-bond donors (Lipinski definition) is 1. The van der Waals surface area contributed by atoms with Gasteiger partial charge in [0.25, 0.3) is 5.91 Å². The molecule has 32 heavy (non-hydrogen) atoms. The Kier molecular flexibility index (Phi) is 5.72. The number of ketones is 1. The van der Waals surface area contributed by atoms with E-state index >= 15 is 0 Å². The standard InChI is InChI=1S/C26H25NO5/c1-17(24(28)19-9-5-4-6-10-19)26(30)20-11-7-8-12-21(20)27(25(26)29)16-18-13-14-22(31-2)23(15-18)32-3/h4-15,17,30H,16H2,1-3H3. The fraction of sp³-hybridized carbons (Fsp3) is 0.231. The maximum atomic E-state index is 13.6. The Labute approximate surface area is 187 Å². The molecule has 164 valence electrons. The van der Waals surface area contributed by atoms with E-state index in [9.17, 15) is 14.7 Å². The molecule has 2 unspecified atom stereocenters. The van der Waals surface area contributed by atoms with Crippen LogP contribution in [0, 0.1) is 5.92 Å². The Morgan fingerprint density at radius 1 is 0.969 bits per heavy atom. The predicted octanol–water partition coefficient (Wildman–Crippen LogP) is 3.96. The van der Waals surface area contributed by atoms with E-state index in [2.05, 4.69) is 0 Å². The Bertz CT molecular complexity index is 1160. The van der Waals surface area contributed by atoms with Crippen LogP contribution in [0.15, 0.2) is 72.8 Å². The van der Waals surface area contributed by atoms with Crippen LogP contribution < -0.4 is 14.4 Å². The van der Waals surface area contributed by atoms with E-state index in [1.807, 2.05) is 18.2 Å². The van der Waals surface area contributed by atoms with Crippen LogP contribution in [0.2, 0.25) is 0 Å². The van der Waals surface area contributed by atoms with Crippen molar-refractivity contribution in [3.8, 4) is 11.5 Å². The van der Waals surface area contributed by atoms with Crippen LogP contribution >= 0.6 is 0 Å². The first-order valence-electron chi connectivity index (χ1n) is 10.4. The van der Waals surface area contributed by atoms with Crippen LogP contribution in [-0.2, 0) is 16.9 Å². The number of rotatable bonds is 7. The SMILES string of the molecule is COc1ccc(CN2C(=O)C(O)(C(C)C(=O)c3ccccc3)c3ccccc32)cc1OC. The zero-order valence-electron chi connectivity index (χ0n) is 18.2. The van der Waals surface area contributed by atoms with Crippen molar-refractivity contribution in [3.63, 3.8) is 0 Å². The van der Waals surface area contributed by atoms with E-state index in [4.69, 9.17) is 9.47 Å². The Morgan fingerprint density at radius 3 is 2.31 bits per heavy atom. The molecule has 1 N–H and O–H groups in total. The Balaban J connectivity index is 1.72. The highest BCUT2D eigenvalue weighted by Crippen LogP contribution is 2.46. The van der Waals surface area contributed by atoms with Crippen molar-refractivity contribution in [2.24, 2.45) is 5.92 Å². The number of methoxy groups -OCH3 is 2. The van der Waals surface area contributed by atoms with E-state index in [1.165, 1.54) is 4.90 Å². The second-order valence-corrected chi connectivity index (χ2v) is 7.82. The number of anilines is 1. The maximum Gasteiger partial charge on any atom is 0.264 e. The first kappa shape index (κ1) is 21.6. The lowest BCUT2D eigenvalue weighted by molar-refractivity contribution is -0.139. The average molecular weight is 431 g/mol. The van der Waals surface area contributed by atoms with Gasteiger partial charge in [0, 0.05) is 11.1 Å². The van der Waals surface area contributed by atoms with Crippen molar-refractivity contribution in [3.05, 3.63) is 89.5 Å². The van der Waals surface area contributed by atoms with Gasteiger partial charge in [-0.1, -0.05) is 61.5 Å². The van der Waals surface area contributed by atoms with Crippen molar-refractivity contribution in [2.75, 3.05) is 19.1 Å². The molecule has 6 heteroatoms. The topological polar surface area (TPSA) is 76.1 Å². The number of carbonyl (C=O) groups is 2. The minimum atomic E-state index is -1.96. The number of para-hydroxylation sites is 1. The predicted molar refractivity (Wildman–Crippen MR) is 121 cm³/mol. The summed E-state index contributed by atoms with van der Waals surface area (Å²) in [5, 5.41) is 11.7. The summed E-state index contributed by atoms with van der Waals surface area (Å²) in [6.07, 6.45) is 0. The smallest absolute Gasteiger partial charge is 0.264 e. The van der Waals surface area contributed by atoms with Gasteiger partial charge in [-0.3, -0.25) is 9.59 Å². The first-order chi connectivity index (χ1) is 15.4. The molecule has 0 aromatic heterocycles. The largest absolute Gasteiger partial charge is 0.493 e. The number of ether oxygens (including phenoxy) is 2. The number of benzene rings is 3. The zero-order valence-corrected chi connectivity index (χ0v) is 18.2. The van der Waals surface area contributed by atoms with Gasteiger partial charge in [0.15, 0.2) is 22.9 Å². The lowest BCUT2D eigenvalue weighted by Crippen LogP contribution is -2.47. The monoisotopic (exact) mass is 431 g/mol. The second kappa shape index (κ2) is 8.48. The van der Waals surface area contributed by atoms with Gasteiger partial charge >= 0.3 is 0 Å². The number of hydrogen-bond acceptors (Lipinski definition) is 5. The molecule has 0 saturated carbocycles. The molecule has 1 aliphatic rings. The molecule has 0 radical (unpaired) electrons. The Morgan fingerprint density at radius 2 is 1.62 bits per heavy atom. The summed E-state index contributed by atoms with van der Waals surface area (Å²) in [6.45, 7) is 1.81. The van der Waals surface area contributed by atoms with Gasteiger partial charge in [0.2, 0.25) is 0 Å². The number of aliphatic hydroxyl groups is 1. The summed E-state index contributed by atoms with van der Waals surface area (Å²) in [4.78, 5) is 28.3. The van der Waals surface area contributed by atoms with Crippen LogP contribution in [-0.4, -0.2) is 31.0 Å². The summed E-state index contributed by atoms with van der Waals surface area (Å²) < 4.78 is 10.7. The third-order valence-electron chi connectivity index (χ3n) is 6.04. The highest BCUT2D eigenvalue weighted by Gasteiger charge is 2.55. The fourth-order valence-electron chi connectivity index (χ4n) is 4.24.